The Morgan fingerprint density at radius 1 is 1.13 bits per heavy atom. The van der Waals surface area contributed by atoms with Crippen LogP contribution in [0, 0.1) is 11.7 Å². The quantitative estimate of drug-likeness (QED) is 0.944. The van der Waals surface area contributed by atoms with Gasteiger partial charge in [0, 0.05) is 19.5 Å². The molecule has 4 nitrogen and oxygen atoms in total. The lowest BCUT2D eigenvalue weighted by atomic mass is 10.1. The van der Waals surface area contributed by atoms with Gasteiger partial charge in [0.2, 0.25) is 11.8 Å². The molecule has 2 aromatic carbocycles. The minimum absolute atomic E-state index is 0.0532. The van der Waals surface area contributed by atoms with E-state index in [9.17, 15) is 14.0 Å². The van der Waals surface area contributed by atoms with E-state index in [0.29, 0.717) is 13.1 Å². The standard InChI is InChI=1S/C18H17FN2O2/c19-15-8-4-5-9-16(15)20-18(23)14-10-17(22)21(12-14)11-13-6-2-1-3-7-13/h1-9,14H,10-12H2,(H,20,23). The Kier molecular flexibility index (Phi) is 4.37. The maximum atomic E-state index is 13.6. The zero-order chi connectivity index (χ0) is 16.2. The van der Waals surface area contributed by atoms with Gasteiger partial charge in [0.1, 0.15) is 5.82 Å². The number of nitrogens with zero attached hydrogens (tertiary/aromatic N) is 1. The number of hydrogen-bond acceptors (Lipinski definition) is 2. The van der Waals surface area contributed by atoms with Crippen LogP contribution < -0.4 is 5.32 Å². The molecule has 1 aliphatic heterocycles. The van der Waals surface area contributed by atoms with Crippen molar-refractivity contribution in [2.75, 3.05) is 11.9 Å². The first-order valence-electron chi connectivity index (χ1n) is 7.50. The molecule has 0 radical (unpaired) electrons. The van der Waals surface area contributed by atoms with Crippen molar-refractivity contribution < 1.29 is 14.0 Å². The monoisotopic (exact) mass is 312 g/mol. The second-order valence-corrected chi connectivity index (χ2v) is 5.63. The first-order chi connectivity index (χ1) is 11.1. The Labute approximate surface area is 133 Å². The van der Waals surface area contributed by atoms with Crippen LogP contribution in [0.5, 0.6) is 0 Å². The molecular weight excluding hydrogens is 295 g/mol. The van der Waals surface area contributed by atoms with Crippen LogP contribution in [-0.4, -0.2) is 23.3 Å². The Bertz CT molecular complexity index is 718. The molecule has 23 heavy (non-hydrogen) atoms. The molecule has 0 spiro atoms. The number of carbonyl (C=O) groups excluding carboxylic acids is 2. The van der Waals surface area contributed by atoms with Crippen LogP contribution in [-0.2, 0) is 16.1 Å². The minimum atomic E-state index is -0.480. The molecule has 1 heterocycles. The molecule has 0 aromatic heterocycles. The van der Waals surface area contributed by atoms with Gasteiger partial charge in [-0.25, -0.2) is 4.39 Å². The number of anilines is 1. The van der Waals surface area contributed by atoms with Crippen molar-refractivity contribution in [2.45, 2.75) is 13.0 Å². The highest BCUT2D eigenvalue weighted by molar-refractivity contribution is 5.97. The molecule has 2 amide bonds. The molecule has 1 N–H and O–H groups in total. The molecule has 0 saturated carbocycles. The molecular formula is C18H17FN2O2. The summed E-state index contributed by atoms with van der Waals surface area (Å²) in [7, 11) is 0. The number of rotatable bonds is 4. The van der Waals surface area contributed by atoms with E-state index in [1.54, 1.807) is 17.0 Å². The van der Waals surface area contributed by atoms with Gasteiger partial charge >= 0.3 is 0 Å². The number of carbonyl (C=O) groups is 2. The SMILES string of the molecule is O=C(Nc1ccccc1F)C1CC(=O)N(Cc2ccccc2)C1. The largest absolute Gasteiger partial charge is 0.338 e. The van der Waals surface area contributed by atoms with Gasteiger partial charge < -0.3 is 10.2 Å². The van der Waals surface area contributed by atoms with Gasteiger partial charge in [-0.1, -0.05) is 42.5 Å². The third kappa shape index (κ3) is 3.56. The highest BCUT2D eigenvalue weighted by Crippen LogP contribution is 2.22. The van der Waals surface area contributed by atoms with E-state index >= 15 is 0 Å². The Balaban J connectivity index is 1.63. The first-order valence-corrected chi connectivity index (χ1v) is 7.50. The molecule has 0 aliphatic carbocycles. The number of nitrogens with one attached hydrogen (secondary N) is 1. The number of halogens is 1. The molecule has 1 unspecified atom stereocenters. The number of hydrogen-bond donors (Lipinski definition) is 1. The van der Waals surface area contributed by atoms with Crippen LogP contribution >= 0.6 is 0 Å². The summed E-state index contributed by atoms with van der Waals surface area (Å²) in [5.74, 6) is -1.31. The lowest BCUT2D eigenvalue weighted by molar-refractivity contribution is -0.128. The predicted molar refractivity (Wildman–Crippen MR) is 85.0 cm³/mol. The van der Waals surface area contributed by atoms with E-state index < -0.39 is 11.7 Å². The molecule has 1 fully saturated rings. The van der Waals surface area contributed by atoms with E-state index in [0.717, 1.165) is 5.56 Å². The minimum Gasteiger partial charge on any atom is -0.338 e. The fourth-order valence-electron chi connectivity index (χ4n) is 2.70. The third-order valence-electron chi connectivity index (χ3n) is 3.93. The van der Waals surface area contributed by atoms with Gasteiger partial charge in [0.25, 0.3) is 0 Å². The maximum absolute atomic E-state index is 13.6. The Morgan fingerprint density at radius 2 is 1.83 bits per heavy atom. The summed E-state index contributed by atoms with van der Waals surface area (Å²) in [6, 6.07) is 15.6. The van der Waals surface area contributed by atoms with Crippen LogP contribution in [0.2, 0.25) is 0 Å². The van der Waals surface area contributed by atoms with Gasteiger partial charge in [-0.2, -0.15) is 0 Å². The van der Waals surface area contributed by atoms with E-state index in [1.807, 2.05) is 30.3 Å². The van der Waals surface area contributed by atoms with Gasteiger partial charge in [0.05, 0.1) is 11.6 Å². The van der Waals surface area contributed by atoms with Gasteiger partial charge in [0.15, 0.2) is 0 Å². The molecule has 1 aliphatic rings. The summed E-state index contributed by atoms with van der Waals surface area (Å²) in [6.07, 6.45) is 0.160. The first kappa shape index (κ1) is 15.2. The van der Waals surface area contributed by atoms with Crippen molar-refractivity contribution in [1.29, 1.82) is 0 Å². The van der Waals surface area contributed by atoms with E-state index in [4.69, 9.17) is 0 Å². The van der Waals surface area contributed by atoms with Crippen LogP contribution in [0.4, 0.5) is 10.1 Å². The van der Waals surface area contributed by atoms with Crippen LogP contribution in [0.1, 0.15) is 12.0 Å². The van der Waals surface area contributed by atoms with Crippen LogP contribution in [0.3, 0.4) is 0 Å². The molecule has 2 aromatic rings. The summed E-state index contributed by atoms with van der Waals surface area (Å²) in [6.45, 7) is 0.844. The van der Waals surface area contributed by atoms with Crippen LogP contribution in [0.25, 0.3) is 0 Å². The molecule has 0 bridgehead atoms. The van der Waals surface area contributed by atoms with Crippen molar-refractivity contribution in [3.05, 3.63) is 66.0 Å². The number of amides is 2. The van der Waals surface area contributed by atoms with Crippen molar-refractivity contribution in [2.24, 2.45) is 5.92 Å². The summed E-state index contributed by atoms with van der Waals surface area (Å²) in [5.41, 5.74) is 1.17. The van der Waals surface area contributed by atoms with Crippen LogP contribution in [0.15, 0.2) is 54.6 Å². The highest BCUT2D eigenvalue weighted by atomic mass is 19.1. The average Bonchev–Trinajstić information content (AvgIpc) is 2.92. The maximum Gasteiger partial charge on any atom is 0.229 e. The zero-order valence-electron chi connectivity index (χ0n) is 12.5. The fourth-order valence-corrected chi connectivity index (χ4v) is 2.70. The second-order valence-electron chi connectivity index (χ2n) is 5.63. The van der Waals surface area contributed by atoms with Gasteiger partial charge in [-0.15, -0.1) is 0 Å². The Morgan fingerprint density at radius 3 is 2.57 bits per heavy atom. The number of benzene rings is 2. The smallest absolute Gasteiger partial charge is 0.229 e. The zero-order valence-corrected chi connectivity index (χ0v) is 12.5. The normalized spacial score (nSPS) is 17.3. The average molecular weight is 312 g/mol. The topological polar surface area (TPSA) is 49.4 Å². The van der Waals surface area contributed by atoms with E-state index in [-0.39, 0.29) is 23.9 Å². The molecule has 118 valence electrons. The summed E-state index contributed by atoms with van der Waals surface area (Å²) in [5, 5.41) is 2.56. The number of para-hydroxylation sites is 1. The van der Waals surface area contributed by atoms with Crippen molar-refractivity contribution in [1.82, 2.24) is 4.90 Å². The summed E-state index contributed by atoms with van der Waals surface area (Å²) in [4.78, 5) is 26.0. The molecule has 1 saturated heterocycles. The Hall–Kier alpha value is -2.69. The van der Waals surface area contributed by atoms with Crippen molar-refractivity contribution in [3.8, 4) is 0 Å². The fraction of sp³-hybridized carbons (Fsp3) is 0.222. The third-order valence-corrected chi connectivity index (χ3v) is 3.93. The second kappa shape index (κ2) is 6.60. The lowest BCUT2D eigenvalue weighted by Gasteiger charge is -2.16. The molecule has 1 atom stereocenters. The lowest BCUT2D eigenvalue weighted by Crippen LogP contribution is -2.28. The van der Waals surface area contributed by atoms with E-state index in [2.05, 4.69) is 5.32 Å². The summed E-state index contributed by atoms with van der Waals surface area (Å²) >= 11 is 0. The van der Waals surface area contributed by atoms with Crippen molar-refractivity contribution >= 4 is 17.5 Å². The van der Waals surface area contributed by atoms with E-state index in [1.165, 1.54) is 12.1 Å². The molecule has 3 rings (SSSR count). The van der Waals surface area contributed by atoms with Gasteiger partial charge in [-0.3, -0.25) is 9.59 Å². The predicted octanol–water partition coefficient (Wildman–Crippen LogP) is 2.81. The molecule has 5 heteroatoms. The number of likely N-dealkylation sites (tertiary alicyclic amines) is 1. The van der Waals surface area contributed by atoms with Gasteiger partial charge in [-0.05, 0) is 17.7 Å². The summed E-state index contributed by atoms with van der Waals surface area (Å²) < 4.78 is 13.6. The highest BCUT2D eigenvalue weighted by Gasteiger charge is 2.34. The van der Waals surface area contributed by atoms with Crippen molar-refractivity contribution in [3.63, 3.8) is 0 Å².